The lowest BCUT2D eigenvalue weighted by Crippen LogP contribution is -2.53. The molecule has 1 fully saturated rings. The molecule has 0 spiro atoms. The number of hydrogen-bond acceptors (Lipinski definition) is 3. The van der Waals surface area contributed by atoms with Crippen LogP contribution in [-0.2, 0) is 22.6 Å². The van der Waals surface area contributed by atoms with Crippen molar-refractivity contribution in [2.75, 3.05) is 6.61 Å². The van der Waals surface area contributed by atoms with Gasteiger partial charge in [0, 0.05) is 23.5 Å². The van der Waals surface area contributed by atoms with Gasteiger partial charge in [0.2, 0.25) is 5.91 Å². The van der Waals surface area contributed by atoms with E-state index in [2.05, 4.69) is 21.2 Å². The standard InChI is InChI=1S/C30H32BrClN2O3/c1-21-8-7-11-23(16-21)19-34(29(35)20-37-28-15-14-24(31)18-26(28)32)27(17-22-9-3-2-4-10-22)30(36)33-25-12-5-6-13-25/h2-4,7-11,14-16,18,25,27H,5-6,12-13,17,19-20H2,1H3,(H,33,36). The molecule has 0 saturated heterocycles. The summed E-state index contributed by atoms with van der Waals surface area (Å²) in [6, 6.07) is 22.6. The van der Waals surface area contributed by atoms with Crippen LogP contribution >= 0.6 is 27.5 Å². The largest absolute Gasteiger partial charge is 0.482 e. The van der Waals surface area contributed by atoms with Crippen LogP contribution in [0.3, 0.4) is 0 Å². The normalized spacial score (nSPS) is 14.2. The van der Waals surface area contributed by atoms with Crippen molar-refractivity contribution >= 4 is 39.3 Å². The van der Waals surface area contributed by atoms with Crippen molar-refractivity contribution in [3.8, 4) is 5.75 Å². The Morgan fingerprint density at radius 1 is 1.03 bits per heavy atom. The second kappa shape index (κ2) is 13.1. The van der Waals surface area contributed by atoms with Crippen molar-refractivity contribution in [1.29, 1.82) is 0 Å². The summed E-state index contributed by atoms with van der Waals surface area (Å²) in [5.41, 5.74) is 3.05. The topological polar surface area (TPSA) is 58.6 Å². The zero-order valence-corrected chi connectivity index (χ0v) is 23.3. The molecule has 1 atom stereocenters. The number of aryl methyl sites for hydroxylation is 1. The van der Waals surface area contributed by atoms with Crippen LogP contribution in [0.2, 0.25) is 5.02 Å². The lowest BCUT2D eigenvalue weighted by Gasteiger charge is -2.32. The minimum absolute atomic E-state index is 0.126. The molecular formula is C30H32BrClN2O3. The van der Waals surface area contributed by atoms with Crippen molar-refractivity contribution in [3.05, 3.63) is 99.0 Å². The van der Waals surface area contributed by atoms with Crippen molar-refractivity contribution in [2.45, 2.75) is 57.7 Å². The predicted molar refractivity (Wildman–Crippen MR) is 151 cm³/mol. The van der Waals surface area contributed by atoms with Crippen molar-refractivity contribution in [2.24, 2.45) is 0 Å². The summed E-state index contributed by atoms with van der Waals surface area (Å²) >= 11 is 9.70. The summed E-state index contributed by atoms with van der Waals surface area (Å²) in [7, 11) is 0. The van der Waals surface area contributed by atoms with E-state index in [4.69, 9.17) is 16.3 Å². The molecule has 1 aliphatic carbocycles. The number of hydrogen-bond donors (Lipinski definition) is 1. The zero-order valence-electron chi connectivity index (χ0n) is 21.0. The molecule has 5 nitrogen and oxygen atoms in total. The molecular weight excluding hydrogens is 552 g/mol. The predicted octanol–water partition coefficient (Wildman–Crippen LogP) is 6.49. The van der Waals surface area contributed by atoms with Crippen LogP contribution in [-0.4, -0.2) is 35.4 Å². The van der Waals surface area contributed by atoms with E-state index in [1.807, 2.05) is 67.6 Å². The van der Waals surface area contributed by atoms with Gasteiger partial charge in [-0.05, 0) is 49.1 Å². The van der Waals surface area contributed by atoms with E-state index in [9.17, 15) is 9.59 Å². The van der Waals surface area contributed by atoms with Crippen LogP contribution in [0.4, 0.5) is 0 Å². The molecule has 37 heavy (non-hydrogen) atoms. The van der Waals surface area contributed by atoms with Crippen molar-refractivity contribution in [1.82, 2.24) is 10.2 Å². The van der Waals surface area contributed by atoms with Gasteiger partial charge in [0.15, 0.2) is 6.61 Å². The second-order valence-electron chi connectivity index (χ2n) is 9.57. The first-order chi connectivity index (χ1) is 17.9. The number of nitrogens with one attached hydrogen (secondary N) is 1. The highest BCUT2D eigenvalue weighted by Gasteiger charge is 2.32. The number of rotatable bonds is 10. The Morgan fingerprint density at radius 2 is 1.76 bits per heavy atom. The van der Waals surface area contributed by atoms with E-state index < -0.39 is 6.04 Å². The van der Waals surface area contributed by atoms with Crippen molar-refractivity contribution in [3.63, 3.8) is 0 Å². The molecule has 3 aromatic carbocycles. The van der Waals surface area contributed by atoms with Gasteiger partial charge < -0.3 is 15.0 Å². The summed E-state index contributed by atoms with van der Waals surface area (Å²) in [6.07, 6.45) is 4.58. The third kappa shape index (κ3) is 7.83. The van der Waals surface area contributed by atoms with Crippen molar-refractivity contribution < 1.29 is 14.3 Å². The van der Waals surface area contributed by atoms with E-state index in [1.165, 1.54) is 0 Å². The average Bonchev–Trinajstić information content (AvgIpc) is 3.39. The maximum atomic E-state index is 13.7. The van der Waals surface area contributed by atoms with E-state index in [0.29, 0.717) is 23.7 Å². The lowest BCUT2D eigenvalue weighted by molar-refractivity contribution is -0.143. The third-order valence-corrected chi connectivity index (χ3v) is 7.44. The number of carbonyl (C=O) groups is 2. The Bertz CT molecular complexity index is 1210. The zero-order chi connectivity index (χ0) is 26.2. The Labute approximate surface area is 232 Å². The first kappa shape index (κ1) is 27.2. The minimum Gasteiger partial charge on any atom is -0.482 e. The van der Waals surface area contributed by atoms with Crippen LogP contribution in [0.5, 0.6) is 5.75 Å². The average molecular weight is 584 g/mol. The molecule has 194 valence electrons. The SMILES string of the molecule is Cc1cccc(CN(C(=O)COc2ccc(Br)cc2Cl)C(Cc2ccccc2)C(=O)NC2CCCC2)c1. The molecule has 0 aliphatic heterocycles. The third-order valence-electron chi connectivity index (χ3n) is 6.65. The smallest absolute Gasteiger partial charge is 0.261 e. The molecule has 3 aromatic rings. The van der Waals surface area contributed by atoms with Gasteiger partial charge >= 0.3 is 0 Å². The maximum Gasteiger partial charge on any atom is 0.261 e. The quantitative estimate of drug-likeness (QED) is 0.297. The van der Waals surface area contributed by atoms with Gasteiger partial charge in [0.25, 0.3) is 5.91 Å². The van der Waals surface area contributed by atoms with Gasteiger partial charge in [0.05, 0.1) is 5.02 Å². The fourth-order valence-electron chi connectivity index (χ4n) is 4.74. The number of amides is 2. The number of ether oxygens (including phenoxy) is 1. The Balaban J connectivity index is 1.62. The highest BCUT2D eigenvalue weighted by Crippen LogP contribution is 2.28. The molecule has 1 N–H and O–H groups in total. The van der Waals surface area contributed by atoms with Gasteiger partial charge in [-0.15, -0.1) is 0 Å². The number of benzene rings is 3. The fraction of sp³-hybridized carbons (Fsp3) is 0.333. The molecule has 7 heteroatoms. The molecule has 2 amide bonds. The highest BCUT2D eigenvalue weighted by atomic mass is 79.9. The first-order valence-electron chi connectivity index (χ1n) is 12.7. The summed E-state index contributed by atoms with van der Waals surface area (Å²) < 4.78 is 6.66. The first-order valence-corrected chi connectivity index (χ1v) is 13.8. The van der Waals surface area contributed by atoms with Gasteiger partial charge in [0.1, 0.15) is 11.8 Å². The lowest BCUT2D eigenvalue weighted by atomic mass is 10.0. The van der Waals surface area contributed by atoms with Gasteiger partial charge in [-0.25, -0.2) is 0 Å². The number of carbonyl (C=O) groups excluding carboxylic acids is 2. The second-order valence-corrected chi connectivity index (χ2v) is 10.9. The molecule has 4 rings (SSSR count). The van der Waals surface area contributed by atoms with Gasteiger partial charge in [-0.3, -0.25) is 9.59 Å². The van der Waals surface area contributed by atoms with E-state index in [-0.39, 0.29) is 24.5 Å². The monoisotopic (exact) mass is 582 g/mol. The van der Waals surface area contributed by atoms with Gasteiger partial charge in [-0.2, -0.15) is 0 Å². The molecule has 0 aromatic heterocycles. The van der Waals surface area contributed by atoms with E-state index >= 15 is 0 Å². The molecule has 0 heterocycles. The Hall–Kier alpha value is -2.83. The summed E-state index contributed by atoms with van der Waals surface area (Å²) in [5, 5.41) is 3.63. The van der Waals surface area contributed by atoms with Crippen LogP contribution in [0.15, 0.2) is 77.3 Å². The number of nitrogens with zero attached hydrogens (tertiary/aromatic N) is 1. The van der Waals surface area contributed by atoms with E-state index in [1.54, 1.807) is 17.0 Å². The Kier molecular flexibility index (Phi) is 9.64. The van der Waals surface area contributed by atoms with Crippen LogP contribution in [0.1, 0.15) is 42.4 Å². The molecule has 1 saturated carbocycles. The van der Waals surface area contributed by atoms with Crippen LogP contribution in [0.25, 0.3) is 0 Å². The Morgan fingerprint density at radius 3 is 2.46 bits per heavy atom. The van der Waals surface area contributed by atoms with Gasteiger partial charge in [-0.1, -0.05) is 101 Å². The summed E-state index contributed by atoms with van der Waals surface area (Å²) in [6.45, 7) is 2.09. The fourth-order valence-corrected chi connectivity index (χ4v) is 5.47. The van der Waals surface area contributed by atoms with Crippen LogP contribution < -0.4 is 10.1 Å². The van der Waals surface area contributed by atoms with Crippen LogP contribution in [0, 0.1) is 6.92 Å². The molecule has 1 aliphatic rings. The summed E-state index contributed by atoms with van der Waals surface area (Å²) in [4.78, 5) is 29.1. The molecule has 1 unspecified atom stereocenters. The molecule has 0 bridgehead atoms. The summed E-state index contributed by atoms with van der Waals surface area (Å²) in [5.74, 6) is 0.0187. The molecule has 0 radical (unpaired) electrons. The highest BCUT2D eigenvalue weighted by molar-refractivity contribution is 9.10. The number of halogens is 2. The minimum atomic E-state index is -0.681. The maximum absolute atomic E-state index is 13.7. The van der Waals surface area contributed by atoms with E-state index in [0.717, 1.165) is 46.8 Å².